The molecule has 0 aliphatic heterocycles. The van der Waals surface area contributed by atoms with Crippen LogP contribution in [0.15, 0.2) is 66.7 Å². The summed E-state index contributed by atoms with van der Waals surface area (Å²) in [5.74, 6) is 1.55. The first-order valence-electron chi connectivity index (χ1n) is 30.4. The van der Waals surface area contributed by atoms with Crippen molar-refractivity contribution in [2.45, 2.75) is 292 Å². The largest absolute Gasteiger partial charge is 0.508 e. The summed E-state index contributed by atoms with van der Waals surface area (Å²) in [5.41, 5.74) is 18.4. The summed E-state index contributed by atoms with van der Waals surface area (Å²) in [6.07, 6.45) is 41.1. The van der Waals surface area contributed by atoms with Crippen LogP contribution in [0.2, 0.25) is 0 Å². The van der Waals surface area contributed by atoms with Crippen LogP contribution in [0.3, 0.4) is 0 Å². The van der Waals surface area contributed by atoms with Gasteiger partial charge in [-0.3, -0.25) is 0 Å². The molecule has 1 heteroatoms. The molecule has 0 fully saturated rings. The molecule has 1 nitrogen and oxygen atoms in total. The third kappa shape index (κ3) is 19.6. The van der Waals surface area contributed by atoms with Crippen LogP contribution in [0, 0.1) is 0 Å². The molecule has 390 valence electrons. The van der Waals surface area contributed by atoms with Crippen molar-refractivity contribution in [2.75, 3.05) is 0 Å². The van der Waals surface area contributed by atoms with Crippen LogP contribution in [-0.2, 0) is 57.8 Å². The average Bonchev–Trinajstić information content (AvgIpc) is 3.36. The van der Waals surface area contributed by atoms with Gasteiger partial charge in [0.25, 0.3) is 0 Å². The lowest BCUT2D eigenvalue weighted by molar-refractivity contribution is 0.463. The van der Waals surface area contributed by atoms with Gasteiger partial charge < -0.3 is 5.11 Å². The molecule has 0 aliphatic carbocycles. The number of phenolic OH excluding ortho intramolecular Hbond substituents is 1. The van der Waals surface area contributed by atoms with E-state index in [1.165, 1.54) is 215 Å². The molecule has 1 N–H and O–H groups in total. The third-order valence-electron chi connectivity index (χ3n) is 16.3. The zero-order valence-electron chi connectivity index (χ0n) is 47.4. The Labute approximate surface area is 434 Å². The van der Waals surface area contributed by atoms with E-state index in [2.05, 4.69) is 129 Å². The van der Waals surface area contributed by atoms with Crippen molar-refractivity contribution in [1.82, 2.24) is 0 Å². The second-order valence-electron chi connectivity index (χ2n) is 22.3. The van der Waals surface area contributed by atoms with Crippen molar-refractivity contribution < 1.29 is 5.11 Å². The molecule has 0 aromatic heterocycles. The molecule has 70 heavy (non-hydrogen) atoms. The minimum atomic E-state index is 0.309. The Hall–Kier alpha value is -3.32. The van der Waals surface area contributed by atoms with Crippen LogP contribution < -0.4 is 0 Å². The highest BCUT2D eigenvalue weighted by Crippen LogP contribution is 2.39. The van der Waals surface area contributed by atoms with Crippen LogP contribution >= 0.6 is 0 Å². The normalized spacial score (nSPS) is 13.0. The number of aryl methyl sites for hydroxylation is 3. The molecule has 0 saturated heterocycles. The second-order valence-corrected chi connectivity index (χ2v) is 22.3. The maximum Gasteiger partial charge on any atom is 0.119 e. The van der Waals surface area contributed by atoms with E-state index in [1.807, 2.05) is 0 Å². The van der Waals surface area contributed by atoms with Crippen molar-refractivity contribution in [3.8, 4) is 5.75 Å². The number of hydrogen-bond acceptors (Lipinski definition) is 1. The van der Waals surface area contributed by atoms with Gasteiger partial charge in [-0.25, -0.2) is 0 Å². The van der Waals surface area contributed by atoms with Crippen molar-refractivity contribution in [2.24, 2.45) is 0 Å². The first-order chi connectivity index (χ1) is 34.2. The predicted octanol–water partition coefficient (Wildman–Crippen LogP) is 21.2. The van der Waals surface area contributed by atoms with E-state index in [9.17, 15) is 5.11 Å². The van der Waals surface area contributed by atoms with Crippen LogP contribution in [0.5, 0.6) is 5.75 Å². The van der Waals surface area contributed by atoms with Crippen LogP contribution in [0.25, 0.3) is 0 Å². The first kappa shape index (κ1) is 59.2. The Morgan fingerprint density at radius 1 is 0.286 bits per heavy atom. The molecule has 0 aliphatic rings. The topological polar surface area (TPSA) is 20.2 Å². The smallest absolute Gasteiger partial charge is 0.119 e. The van der Waals surface area contributed by atoms with Gasteiger partial charge in [0, 0.05) is 0 Å². The number of hydrogen-bond donors (Lipinski definition) is 1. The quantitative estimate of drug-likeness (QED) is 0.0442. The van der Waals surface area contributed by atoms with Crippen LogP contribution in [0.4, 0.5) is 0 Å². The molecule has 0 bridgehead atoms. The number of benzene rings is 4. The molecule has 0 saturated carbocycles. The van der Waals surface area contributed by atoms with E-state index in [4.69, 9.17) is 0 Å². The van der Waals surface area contributed by atoms with Gasteiger partial charge in [0.1, 0.15) is 5.75 Å². The lowest BCUT2D eigenvalue weighted by Crippen LogP contribution is -2.14. The first-order valence-corrected chi connectivity index (χ1v) is 30.4. The number of unbranched alkanes of at least 4 members (excludes halogenated alkanes) is 18. The Balaban J connectivity index is 1.84. The van der Waals surface area contributed by atoms with Gasteiger partial charge in [0.15, 0.2) is 0 Å². The molecule has 4 rings (SSSR count). The van der Waals surface area contributed by atoms with Crippen molar-refractivity contribution >= 4 is 0 Å². The minimum absolute atomic E-state index is 0.309. The van der Waals surface area contributed by atoms with Gasteiger partial charge in [-0.15, -0.1) is 0 Å². The highest BCUT2D eigenvalue weighted by Gasteiger charge is 2.25. The maximum atomic E-state index is 12.3. The zero-order chi connectivity index (χ0) is 50.4. The number of phenols is 1. The van der Waals surface area contributed by atoms with E-state index in [0.717, 1.165) is 19.3 Å². The molecule has 0 spiro atoms. The average molecular weight is 954 g/mol. The highest BCUT2D eigenvalue weighted by molar-refractivity contribution is 5.50. The van der Waals surface area contributed by atoms with Gasteiger partial charge in [0.05, 0.1) is 0 Å². The summed E-state index contributed by atoms with van der Waals surface area (Å²) >= 11 is 0. The van der Waals surface area contributed by atoms with Crippen molar-refractivity contribution in [3.63, 3.8) is 0 Å². The fourth-order valence-corrected chi connectivity index (χ4v) is 12.1. The standard InChI is InChI=1S/C69H108O/c1-10-16-22-28-37-57-40-34-46-61(64(57)43-31-25-19-13-4)54(7)51-60-49-50-69(70)68(53-56(9)63-48-36-42-59(39-30-24-18-12-3)66(63)45-33-27-21-15-6)67(60)52-55(8)62-47-35-41-58(38-29-23-17-11-2)65(62)44-32-26-20-14-5/h34-36,40-42,46-50,54-56,70H,10-33,37-39,43-45,51-53H2,1-9H3. The molecule has 3 atom stereocenters. The lowest BCUT2D eigenvalue weighted by atomic mass is 9.78. The molecular formula is C69H108O. The summed E-state index contributed by atoms with van der Waals surface area (Å²) in [6, 6.07) is 26.3. The Morgan fingerprint density at radius 2 is 0.586 bits per heavy atom. The van der Waals surface area contributed by atoms with E-state index < -0.39 is 0 Å². The highest BCUT2D eigenvalue weighted by atomic mass is 16.3. The molecule has 4 aromatic rings. The van der Waals surface area contributed by atoms with Gasteiger partial charge in [-0.1, -0.05) is 239 Å². The van der Waals surface area contributed by atoms with Crippen LogP contribution in [0.1, 0.15) is 301 Å². The zero-order valence-corrected chi connectivity index (χ0v) is 47.4. The van der Waals surface area contributed by atoms with Gasteiger partial charge >= 0.3 is 0 Å². The van der Waals surface area contributed by atoms with Crippen molar-refractivity contribution in [3.05, 3.63) is 133 Å². The molecule has 0 radical (unpaired) electrons. The van der Waals surface area contributed by atoms with E-state index in [0.29, 0.717) is 23.5 Å². The SMILES string of the molecule is CCCCCCc1cccc(C(C)Cc2ccc(O)c(CC(C)c3cccc(CCCCCC)c3CCCCCC)c2CC(C)c2cccc(CCCCCC)c2CCCCCC)c1CCCCCC. The van der Waals surface area contributed by atoms with E-state index >= 15 is 0 Å². The summed E-state index contributed by atoms with van der Waals surface area (Å²) in [7, 11) is 0. The Morgan fingerprint density at radius 3 is 0.914 bits per heavy atom. The minimum Gasteiger partial charge on any atom is -0.508 e. The molecule has 4 aromatic carbocycles. The summed E-state index contributed by atoms with van der Waals surface area (Å²) < 4.78 is 0. The van der Waals surface area contributed by atoms with Gasteiger partial charge in [-0.05, 0) is 187 Å². The van der Waals surface area contributed by atoms with E-state index in [1.54, 1.807) is 44.5 Å². The third-order valence-corrected chi connectivity index (χ3v) is 16.3. The van der Waals surface area contributed by atoms with Crippen molar-refractivity contribution in [1.29, 1.82) is 0 Å². The Bertz CT molecular complexity index is 2000. The maximum absolute atomic E-state index is 12.3. The van der Waals surface area contributed by atoms with Crippen LogP contribution in [-0.4, -0.2) is 5.11 Å². The molecular weight excluding hydrogens is 845 g/mol. The fraction of sp³-hybridized carbons (Fsp3) is 0.652. The van der Waals surface area contributed by atoms with E-state index in [-0.39, 0.29) is 0 Å². The monoisotopic (exact) mass is 953 g/mol. The number of aromatic hydroxyl groups is 1. The van der Waals surface area contributed by atoms with Gasteiger partial charge in [0.2, 0.25) is 0 Å². The van der Waals surface area contributed by atoms with Gasteiger partial charge in [-0.2, -0.15) is 0 Å². The summed E-state index contributed by atoms with van der Waals surface area (Å²) in [5, 5.41) is 12.3. The Kier molecular flexibility index (Phi) is 29.6. The fourth-order valence-electron chi connectivity index (χ4n) is 12.1. The molecule has 0 heterocycles. The molecule has 3 unspecified atom stereocenters. The molecule has 0 amide bonds. The number of rotatable bonds is 39. The lowest BCUT2D eigenvalue weighted by Gasteiger charge is -2.27. The summed E-state index contributed by atoms with van der Waals surface area (Å²) in [6.45, 7) is 21.5. The second kappa shape index (κ2) is 34.9. The predicted molar refractivity (Wildman–Crippen MR) is 311 cm³/mol. The summed E-state index contributed by atoms with van der Waals surface area (Å²) in [4.78, 5) is 0.